The van der Waals surface area contributed by atoms with E-state index in [1.807, 2.05) is 31.2 Å². The lowest BCUT2D eigenvalue weighted by Crippen LogP contribution is -2.44. The van der Waals surface area contributed by atoms with E-state index < -0.39 is 12.0 Å². The van der Waals surface area contributed by atoms with E-state index >= 15 is 0 Å². The Morgan fingerprint density at radius 3 is 2.33 bits per heavy atom. The summed E-state index contributed by atoms with van der Waals surface area (Å²) in [6.45, 7) is 4.10. The Bertz CT molecular complexity index is 977. The van der Waals surface area contributed by atoms with Crippen molar-refractivity contribution in [3.8, 4) is 11.5 Å². The number of carbonyl (C=O) groups is 2. The van der Waals surface area contributed by atoms with E-state index in [2.05, 4.69) is 10.0 Å². The number of amides is 2. The Morgan fingerprint density at radius 1 is 0.933 bits per heavy atom. The second-order valence-electron chi connectivity index (χ2n) is 7.78. The number of nitrogens with zero attached hydrogens (tertiary/aromatic N) is 3. The summed E-state index contributed by atoms with van der Waals surface area (Å²) in [5, 5.41) is 4.29. The number of fused-ring (bicyclic) bond motifs is 3. The van der Waals surface area contributed by atoms with Crippen molar-refractivity contribution in [1.29, 1.82) is 0 Å². The van der Waals surface area contributed by atoms with Gasteiger partial charge in [-0.05, 0) is 43.7 Å². The van der Waals surface area contributed by atoms with E-state index in [0.29, 0.717) is 12.3 Å². The summed E-state index contributed by atoms with van der Waals surface area (Å²) in [4.78, 5) is 28.4. The van der Waals surface area contributed by atoms with E-state index in [9.17, 15) is 9.59 Å². The summed E-state index contributed by atoms with van der Waals surface area (Å²) in [6.07, 6.45) is 0.972. The first-order valence-electron chi connectivity index (χ1n) is 10.4. The average molecular weight is 407 g/mol. The van der Waals surface area contributed by atoms with Crippen molar-refractivity contribution < 1.29 is 19.1 Å². The van der Waals surface area contributed by atoms with Crippen LogP contribution < -0.4 is 14.4 Å². The van der Waals surface area contributed by atoms with Crippen LogP contribution in [0.25, 0.3) is 0 Å². The molecule has 3 saturated heterocycles. The normalized spacial score (nSPS) is 26.2. The number of carbonyl (C=O) groups excluding carboxylic acids is 2. The fourth-order valence-corrected chi connectivity index (χ4v) is 5.11. The van der Waals surface area contributed by atoms with Crippen LogP contribution in [-0.4, -0.2) is 54.7 Å². The average Bonchev–Trinajstić information content (AvgIpc) is 3.41. The molecule has 156 valence electrons. The van der Waals surface area contributed by atoms with Crippen LogP contribution in [-0.2, 0) is 9.59 Å². The summed E-state index contributed by atoms with van der Waals surface area (Å²) in [6, 6.07) is 14.3. The lowest BCUT2D eigenvalue weighted by molar-refractivity contribution is -0.126. The van der Waals surface area contributed by atoms with Crippen molar-refractivity contribution in [2.75, 3.05) is 31.7 Å². The Labute approximate surface area is 175 Å². The van der Waals surface area contributed by atoms with Crippen LogP contribution in [0.1, 0.15) is 24.9 Å². The zero-order valence-electron chi connectivity index (χ0n) is 17.2. The van der Waals surface area contributed by atoms with Crippen molar-refractivity contribution in [3.63, 3.8) is 0 Å². The third kappa shape index (κ3) is 2.73. The lowest BCUT2D eigenvalue weighted by atomic mass is 9.89. The molecule has 0 radical (unpaired) electrons. The molecule has 5 rings (SSSR count). The second-order valence-corrected chi connectivity index (χ2v) is 7.78. The van der Waals surface area contributed by atoms with Gasteiger partial charge in [-0.1, -0.05) is 18.2 Å². The molecule has 3 atom stereocenters. The van der Waals surface area contributed by atoms with E-state index in [1.165, 1.54) is 4.90 Å². The molecule has 7 nitrogen and oxygen atoms in total. The molecule has 2 aromatic rings. The molecule has 2 amide bonds. The SMILES string of the molecule is CCOc1ccc(N2C(=O)[C@H]3[C@@H](c4ccccc4OC)N4CCCN4[C@H]3C2=O)cc1. The van der Waals surface area contributed by atoms with Crippen molar-refractivity contribution in [3.05, 3.63) is 54.1 Å². The van der Waals surface area contributed by atoms with E-state index in [1.54, 1.807) is 31.4 Å². The minimum absolute atomic E-state index is 0.153. The van der Waals surface area contributed by atoms with Crippen molar-refractivity contribution in [2.45, 2.75) is 25.4 Å². The minimum atomic E-state index is -0.471. The number of para-hydroxylation sites is 1. The molecule has 0 aliphatic carbocycles. The van der Waals surface area contributed by atoms with Gasteiger partial charge >= 0.3 is 0 Å². The number of imide groups is 1. The zero-order valence-corrected chi connectivity index (χ0v) is 17.2. The molecule has 0 unspecified atom stereocenters. The first-order chi connectivity index (χ1) is 14.7. The molecule has 0 spiro atoms. The maximum atomic E-state index is 13.6. The number of rotatable bonds is 5. The molecule has 0 bridgehead atoms. The third-order valence-electron chi connectivity index (χ3n) is 6.27. The van der Waals surface area contributed by atoms with Gasteiger partial charge in [-0.2, -0.15) is 0 Å². The summed E-state index contributed by atoms with van der Waals surface area (Å²) < 4.78 is 11.1. The van der Waals surface area contributed by atoms with Crippen molar-refractivity contribution in [2.24, 2.45) is 5.92 Å². The molecular formula is C23H25N3O4. The predicted molar refractivity (Wildman–Crippen MR) is 111 cm³/mol. The standard InChI is InChI=1S/C23H25N3O4/c1-3-30-16-11-9-15(10-12-16)26-22(27)19-20(17-7-4-5-8-18(17)29-2)24-13-6-14-25(24)21(19)23(26)28/h4-5,7-12,19-21H,3,6,13-14H2,1-2H3/t19-,20+,21+/m0/s1. The Balaban J connectivity index is 1.54. The first kappa shape index (κ1) is 19.1. The van der Waals surface area contributed by atoms with Gasteiger partial charge in [-0.3, -0.25) is 9.59 Å². The predicted octanol–water partition coefficient (Wildman–Crippen LogP) is 2.63. The summed E-state index contributed by atoms with van der Waals surface area (Å²) in [7, 11) is 1.64. The molecule has 0 N–H and O–H groups in total. The highest BCUT2D eigenvalue weighted by Crippen LogP contribution is 2.50. The number of methoxy groups -OCH3 is 1. The Kier molecular flexibility index (Phi) is 4.72. The van der Waals surface area contributed by atoms with Gasteiger partial charge in [0.25, 0.3) is 5.91 Å². The topological polar surface area (TPSA) is 62.3 Å². The maximum Gasteiger partial charge on any atom is 0.253 e. The molecule has 30 heavy (non-hydrogen) atoms. The van der Waals surface area contributed by atoms with Crippen LogP contribution in [0.4, 0.5) is 5.69 Å². The number of benzene rings is 2. The van der Waals surface area contributed by atoms with Gasteiger partial charge in [0.1, 0.15) is 17.5 Å². The lowest BCUT2D eigenvalue weighted by Gasteiger charge is -2.30. The number of ether oxygens (including phenoxy) is 2. The summed E-state index contributed by atoms with van der Waals surface area (Å²) in [5.41, 5.74) is 1.54. The van der Waals surface area contributed by atoms with Crippen molar-refractivity contribution in [1.82, 2.24) is 10.0 Å². The van der Waals surface area contributed by atoms with Gasteiger partial charge in [0.15, 0.2) is 0 Å². The highest BCUT2D eigenvalue weighted by molar-refractivity contribution is 6.24. The molecule has 0 aromatic heterocycles. The number of hydrogen-bond donors (Lipinski definition) is 0. The molecule has 3 aliphatic heterocycles. The van der Waals surface area contributed by atoms with Crippen LogP contribution in [0.3, 0.4) is 0 Å². The Morgan fingerprint density at radius 2 is 1.63 bits per heavy atom. The minimum Gasteiger partial charge on any atom is -0.496 e. The molecule has 0 saturated carbocycles. The number of hydrogen-bond acceptors (Lipinski definition) is 6. The fourth-order valence-electron chi connectivity index (χ4n) is 5.11. The molecule has 2 aromatic carbocycles. The third-order valence-corrected chi connectivity index (χ3v) is 6.27. The Hall–Kier alpha value is -2.90. The van der Waals surface area contributed by atoms with Crippen LogP contribution in [0.5, 0.6) is 11.5 Å². The molecule has 7 heteroatoms. The van der Waals surface area contributed by atoms with Gasteiger partial charge in [0, 0.05) is 18.7 Å². The highest BCUT2D eigenvalue weighted by Gasteiger charge is 2.63. The smallest absolute Gasteiger partial charge is 0.253 e. The molecule has 3 aliphatic rings. The fraction of sp³-hybridized carbons (Fsp3) is 0.391. The van der Waals surface area contributed by atoms with Crippen LogP contribution in [0, 0.1) is 5.92 Å². The van der Waals surface area contributed by atoms with Gasteiger partial charge in [-0.25, -0.2) is 14.9 Å². The van der Waals surface area contributed by atoms with Crippen LogP contribution >= 0.6 is 0 Å². The quantitative estimate of drug-likeness (QED) is 0.710. The van der Waals surface area contributed by atoms with E-state index in [4.69, 9.17) is 9.47 Å². The maximum absolute atomic E-state index is 13.6. The van der Waals surface area contributed by atoms with Crippen molar-refractivity contribution >= 4 is 17.5 Å². The number of hydrazine groups is 1. The molecule has 3 heterocycles. The van der Waals surface area contributed by atoms with Crippen LogP contribution in [0.15, 0.2) is 48.5 Å². The van der Waals surface area contributed by atoms with E-state index in [-0.39, 0.29) is 17.9 Å². The largest absolute Gasteiger partial charge is 0.496 e. The summed E-state index contributed by atoms with van der Waals surface area (Å²) >= 11 is 0. The molecular weight excluding hydrogens is 382 g/mol. The zero-order chi connectivity index (χ0) is 20.8. The van der Waals surface area contributed by atoms with Gasteiger partial charge in [0.2, 0.25) is 5.91 Å². The van der Waals surface area contributed by atoms with Gasteiger partial charge in [-0.15, -0.1) is 0 Å². The first-order valence-corrected chi connectivity index (χ1v) is 10.4. The van der Waals surface area contributed by atoms with E-state index in [0.717, 1.165) is 36.6 Å². The monoisotopic (exact) mass is 407 g/mol. The molecule has 3 fully saturated rings. The van der Waals surface area contributed by atoms with Crippen LogP contribution in [0.2, 0.25) is 0 Å². The summed E-state index contributed by atoms with van der Waals surface area (Å²) in [5.74, 6) is 0.700. The second kappa shape index (κ2) is 7.41. The van der Waals surface area contributed by atoms with Gasteiger partial charge < -0.3 is 9.47 Å². The number of anilines is 1. The van der Waals surface area contributed by atoms with Gasteiger partial charge in [0.05, 0.1) is 31.4 Å². The highest BCUT2D eigenvalue weighted by atomic mass is 16.5.